The van der Waals surface area contributed by atoms with E-state index in [1.165, 1.54) is 25.7 Å². The summed E-state index contributed by atoms with van der Waals surface area (Å²) in [5.74, 6) is 0.244. The predicted octanol–water partition coefficient (Wildman–Crippen LogP) is 2.88. The Morgan fingerprint density at radius 2 is 1.63 bits per heavy atom. The highest BCUT2D eigenvalue weighted by molar-refractivity contribution is 7.72. The zero-order valence-corrected chi connectivity index (χ0v) is 14.4. The molecule has 0 aliphatic rings. The average Bonchev–Trinajstić information content (AvgIpc) is 2.42. The largest absolute Gasteiger partial charge is 0.294 e. The second-order valence-electron chi connectivity index (χ2n) is 5.22. The van der Waals surface area contributed by atoms with Crippen molar-refractivity contribution in [3.05, 3.63) is 0 Å². The molecule has 0 amide bonds. The minimum atomic E-state index is -1.49. The molecule has 4 nitrogen and oxygen atoms in total. The topological polar surface area (TPSA) is 62.1 Å². The Balaban J connectivity index is 4.45. The molecule has 116 valence electrons. The van der Waals surface area contributed by atoms with E-state index in [0.29, 0.717) is 0 Å². The van der Waals surface area contributed by atoms with E-state index in [1.807, 2.05) is 0 Å². The van der Waals surface area contributed by atoms with Gasteiger partial charge >= 0.3 is 0 Å². The molecule has 0 spiro atoms. The van der Waals surface area contributed by atoms with Gasteiger partial charge in [-0.3, -0.25) is 11.1 Å². The van der Waals surface area contributed by atoms with Crippen molar-refractivity contribution < 1.29 is 0 Å². The summed E-state index contributed by atoms with van der Waals surface area (Å²) in [7, 11) is 0.571. The second-order valence-corrected chi connectivity index (χ2v) is 8.70. The van der Waals surface area contributed by atoms with Gasteiger partial charge in [0, 0.05) is 20.0 Å². The van der Waals surface area contributed by atoms with Gasteiger partial charge in [-0.15, -0.1) is 0 Å². The van der Waals surface area contributed by atoms with Crippen molar-refractivity contribution in [2.45, 2.75) is 65.1 Å². The van der Waals surface area contributed by atoms with E-state index in [2.05, 4.69) is 43.3 Å². The monoisotopic (exact) mass is 291 g/mol. The van der Waals surface area contributed by atoms with Crippen molar-refractivity contribution in [1.29, 1.82) is 0 Å². The fourth-order valence-electron chi connectivity index (χ4n) is 2.14. The van der Waals surface area contributed by atoms with Crippen molar-refractivity contribution in [3.63, 3.8) is 0 Å². The Morgan fingerprint density at radius 3 is 2.16 bits per heavy atom. The zero-order valence-electron chi connectivity index (χ0n) is 13.5. The zero-order chi connectivity index (χ0) is 14.6. The number of nitrogens with two attached hydrogens (primary N) is 1. The fraction of sp³-hybridized carbons (Fsp3) is 1.00. The van der Waals surface area contributed by atoms with E-state index in [4.69, 9.17) is 5.73 Å². The highest BCUT2D eigenvalue weighted by atomic mass is 31.2. The third-order valence-corrected chi connectivity index (χ3v) is 7.24. The van der Waals surface area contributed by atoms with E-state index in [-0.39, 0.29) is 5.78 Å². The number of nitrogens with one attached hydrogen (secondary N) is 3. The second kappa shape index (κ2) is 12.0. The summed E-state index contributed by atoms with van der Waals surface area (Å²) in [5, 5.41) is 10.9. The molecule has 0 bridgehead atoms. The number of hydrogen-bond acceptors (Lipinski definition) is 4. The summed E-state index contributed by atoms with van der Waals surface area (Å²) in [6.45, 7) is 8.82. The molecule has 0 fully saturated rings. The fourth-order valence-corrected chi connectivity index (χ4v) is 5.14. The molecule has 5 N–H and O–H groups in total. The summed E-state index contributed by atoms with van der Waals surface area (Å²) < 4.78 is 0. The van der Waals surface area contributed by atoms with Crippen molar-refractivity contribution in [1.82, 2.24) is 15.5 Å². The van der Waals surface area contributed by atoms with E-state index in [9.17, 15) is 0 Å². The van der Waals surface area contributed by atoms with Crippen molar-refractivity contribution >= 4 is 7.56 Å². The third-order valence-electron chi connectivity index (χ3n) is 3.54. The van der Waals surface area contributed by atoms with E-state index in [1.54, 1.807) is 0 Å². The minimum Gasteiger partial charge on any atom is -0.294 e. The SMILES string of the molecule is CCCCNC[P+](NC)(NCCCC)C(N)CCC. The Labute approximate surface area is 121 Å². The normalized spacial score (nSPS) is 16.3. The minimum absolute atomic E-state index is 0.244. The van der Waals surface area contributed by atoms with Crippen LogP contribution in [0.25, 0.3) is 0 Å². The maximum atomic E-state index is 6.46. The maximum Gasteiger partial charge on any atom is 0.179 e. The van der Waals surface area contributed by atoms with Crippen LogP contribution >= 0.6 is 7.56 Å². The molecular weight excluding hydrogens is 255 g/mol. The first-order chi connectivity index (χ1) is 9.16. The van der Waals surface area contributed by atoms with Crippen LogP contribution in [0.4, 0.5) is 0 Å². The first-order valence-corrected chi connectivity index (χ1v) is 9.99. The molecule has 0 aliphatic carbocycles. The van der Waals surface area contributed by atoms with Gasteiger partial charge in [0.05, 0.1) is 0 Å². The molecule has 19 heavy (non-hydrogen) atoms. The molecule has 0 heterocycles. The van der Waals surface area contributed by atoms with Crippen LogP contribution in [0.2, 0.25) is 0 Å². The standard InChI is InChI=1S/C14H36N4P/c1-5-8-11-17-13-19(16-4,14(15)10-7-3)18-12-9-6-2/h14,16-18H,5-13,15H2,1-4H3/q+1. The highest BCUT2D eigenvalue weighted by Crippen LogP contribution is 2.52. The van der Waals surface area contributed by atoms with Crippen LogP contribution in [0.5, 0.6) is 0 Å². The molecule has 2 atom stereocenters. The molecule has 0 saturated carbocycles. The molecule has 0 aliphatic heterocycles. The molecule has 0 radical (unpaired) electrons. The lowest BCUT2D eigenvalue weighted by Gasteiger charge is -2.31. The van der Waals surface area contributed by atoms with Gasteiger partial charge < -0.3 is 0 Å². The van der Waals surface area contributed by atoms with Crippen LogP contribution < -0.4 is 21.2 Å². The van der Waals surface area contributed by atoms with Gasteiger partial charge in [0.1, 0.15) is 12.1 Å². The number of unbranched alkanes of at least 4 members (excludes halogenated alkanes) is 2. The van der Waals surface area contributed by atoms with Gasteiger partial charge in [-0.1, -0.05) is 40.0 Å². The summed E-state index contributed by atoms with van der Waals surface area (Å²) in [6, 6.07) is 0. The van der Waals surface area contributed by atoms with Crippen LogP contribution in [0.15, 0.2) is 0 Å². The molecule has 0 rings (SSSR count). The lowest BCUT2D eigenvalue weighted by atomic mass is 10.3. The molecule has 0 aromatic heterocycles. The van der Waals surface area contributed by atoms with E-state index >= 15 is 0 Å². The van der Waals surface area contributed by atoms with Crippen molar-refractivity contribution in [2.75, 3.05) is 26.4 Å². The van der Waals surface area contributed by atoms with E-state index in [0.717, 1.165) is 32.2 Å². The average molecular weight is 291 g/mol. The summed E-state index contributed by atoms with van der Waals surface area (Å²) in [6.07, 6.45) is 8.15. The number of rotatable bonds is 13. The van der Waals surface area contributed by atoms with Crippen LogP contribution in [0, 0.1) is 0 Å². The molecule has 2 unspecified atom stereocenters. The Morgan fingerprint density at radius 1 is 1.00 bits per heavy atom. The lowest BCUT2D eigenvalue weighted by Crippen LogP contribution is -2.44. The molecule has 5 heteroatoms. The highest BCUT2D eigenvalue weighted by Gasteiger charge is 2.42. The molecule has 0 aromatic rings. The Bertz CT molecular complexity index is 204. The molecular formula is C14H36N4P+. The van der Waals surface area contributed by atoms with Crippen LogP contribution in [-0.4, -0.2) is 32.2 Å². The van der Waals surface area contributed by atoms with E-state index < -0.39 is 7.56 Å². The maximum absolute atomic E-state index is 6.46. The molecule has 0 saturated heterocycles. The van der Waals surface area contributed by atoms with Crippen LogP contribution in [0.3, 0.4) is 0 Å². The first-order valence-electron chi connectivity index (χ1n) is 7.95. The third kappa shape index (κ3) is 7.57. The van der Waals surface area contributed by atoms with Gasteiger partial charge in [0.2, 0.25) is 0 Å². The van der Waals surface area contributed by atoms with Crippen LogP contribution in [-0.2, 0) is 0 Å². The Hall–Kier alpha value is 0.270. The summed E-state index contributed by atoms with van der Waals surface area (Å²) in [4.78, 5) is 0. The lowest BCUT2D eigenvalue weighted by molar-refractivity contribution is 0.662. The van der Waals surface area contributed by atoms with Gasteiger partial charge in [-0.2, -0.15) is 10.2 Å². The van der Waals surface area contributed by atoms with Gasteiger partial charge in [-0.25, -0.2) is 0 Å². The Kier molecular flexibility index (Phi) is 12.2. The first kappa shape index (κ1) is 19.3. The van der Waals surface area contributed by atoms with Gasteiger partial charge in [0.25, 0.3) is 0 Å². The van der Waals surface area contributed by atoms with Crippen molar-refractivity contribution in [3.8, 4) is 0 Å². The molecule has 0 aromatic carbocycles. The summed E-state index contributed by atoms with van der Waals surface area (Å²) in [5.41, 5.74) is 6.46. The summed E-state index contributed by atoms with van der Waals surface area (Å²) >= 11 is 0. The van der Waals surface area contributed by atoms with Crippen molar-refractivity contribution in [2.24, 2.45) is 5.73 Å². The van der Waals surface area contributed by atoms with Gasteiger partial charge in [-0.05, 0) is 19.4 Å². The quantitative estimate of drug-likeness (QED) is 0.311. The smallest absolute Gasteiger partial charge is 0.179 e. The van der Waals surface area contributed by atoms with Gasteiger partial charge in [0.15, 0.2) is 7.56 Å². The predicted molar refractivity (Wildman–Crippen MR) is 89.6 cm³/mol. The van der Waals surface area contributed by atoms with Crippen LogP contribution in [0.1, 0.15) is 59.3 Å². The number of hydrogen-bond donors (Lipinski definition) is 4.